The summed E-state index contributed by atoms with van der Waals surface area (Å²) in [6, 6.07) is 5.10. The lowest BCUT2D eigenvalue weighted by Crippen LogP contribution is -2.32. The van der Waals surface area contributed by atoms with Crippen molar-refractivity contribution in [2.24, 2.45) is 0 Å². The molecular weight excluding hydrogens is 439 g/mol. The van der Waals surface area contributed by atoms with Crippen LogP contribution >= 0.6 is 0 Å². The first kappa shape index (κ1) is 23.3. The first-order chi connectivity index (χ1) is 15.8. The second-order valence-corrected chi connectivity index (χ2v) is 8.30. The van der Waals surface area contributed by atoms with Gasteiger partial charge in [-0.05, 0) is 50.2 Å². The summed E-state index contributed by atoms with van der Waals surface area (Å²) in [5.74, 6) is -0.255. The zero-order valence-corrected chi connectivity index (χ0v) is 18.4. The number of para-hydroxylation sites is 1. The quantitative estimate of drug-likeness (QED) is 0.569. The van der Waals surface area contributed by atoms with Gasteiger partial charge in [0.2, 0.25) is 0 Å². The molecule has 1 atom stereocenters. The number of aromatic nitrogens is 2. The smallest absolute Gasteiger partial charge is 0.425 e. The Bertz CT molecular complexity index is 1000. The van der Waals surface area contributed by atoms with Crippen LogP contribution in [0.4, 0.5) is 24.7 Å². The summed E-state index contributed by atoms with van der Waals surface area (Å²) in [5.41, 5.74) is 1.60. The van der Waals surface area contributed by atoms with Gasteiger partial charge in [0.25, 0.3) is 0 Å². The number of ether oxygens (including phenoxy) is 3. The van der Waals surface area contributed by atoms with E-state index in [1.807, 2.05) is 0 Å². The average molecular weight is 465 g/mol. The number of carbonyl (C=O) groups is 1. The Kier molecular flexibility index (Phi) is 6.73. The number of halogens is 3. The maximum atomic E-state index is 13.4. The molecule has 2 aliphatic rings. The Labute approximate surface area is 189 Å². The highest BCUT2D eigenvalue weighted by Gasteiger charge is 2.39. The van der Waals surface area contributed by atoms with Crippen molar-refractivity contribution in [1.29, 1.82) is 0 Å². The standard InChI is InChI=1S/C23H26F3N3O4/c1-13(23(24,25)26)33-20-16(14-8-10-32-11-9-14)4-3-5-17(20)29-21-19(22(30)31-2)28-18(12-27-21)15-6-7-15/h3-5,12-15H,6-11H2,1-2H3,(H,27,29)/t13-/m0/s1. The van der Waals surface area contributed by atoms with Gasteiger partial charge in [-0.15, -0.1) is 0 Å². The molecule has 10 heteroatoms. The molecule has 2 heterocycles. The monoisotopic (exact) mass is 465 g/mol. The normalized spacial score (nSPS) is 18.0. The van der Waals surface area contributed by atoms with E-state index in [4.69, 9.17) is 14.2 Å². The number of benzene rings is 1. The van der Waals surface area contributed by atoms with Crippen molar-refractivity contribution in [3.8, 4) is 5.75 Å². The van der Waals surface area contributed by atoms with Gasteiger partial charge in [-0.3, -0.25) is 0 Å². The highest BCUT2D eigenvalue weighted by molar-refractivity contribution is 5.93. The number of carbonyl (C=O) groups excluding carboxylic acids is 1. The predicted molar refractivity (Wildman–Crippen MR) is 114 cm³/mol. The molecule has 0 bridgehead atoms. The minimum absolute atomic E-state index is 0.0145. The number of methoxy groups -OCH3 is 1. The second-order valence-electron chi connectivity index (χ2n) is 8.30. The Hall–Kier alpha value is -2.88. The molecule has 2 fully saturated rings. The second kappa shape index (κ2) is 9.54. The maximum absolute atomic E-state index is 13.4. The number of nitrogens with one attached hydrogen (secondary N) is 1. The van der Waals surface area contributed by atoms with E-state index >= 15 is 0 Å². The Morgan fingerprint density at radius 2 is 1.91 bits per heavy atom. The van der Waals surface area contributed by atoms with E-state index in [0.29, 0.717) is 37.3 Å². The molecule has 1 aliphatic heterocycles. The molecule has 1 saturated heterocycles. The zero-order chi connectivity index (χ0) is 23.6. The van der Waals surface area contributed by atoms with Gasteiger partial charge in [0.15, 0.2) is 17.6 Å². The molecule has 178 valence electrons. The third-order valence-electron chi connectivity index (χ3n) is 5.88. The van der Waals surface area contributed by atoms with Crippen LogP contribution in [-0.4, -0.2) is 48.5 Å². The molecule has 1 aliphatic carbocycles. The number of esters is 1. The summed E-state index contributed by atoms with van der Waals surface area (Å²) in [6.45, 7) is 2.02. The van der Waals surface area contributed by atoms with Gasteiger partial charge in [-0.2, -0.15) is 13.2 Å². The average Bonchev–Trinajstić information content (AvgIpc) is 3.65. The van der Waals surface area contributed by atoms with Crippen molar-refractivity contribution in [2.45, 2.75) is 56.7 Å². The van der Waals surface area contributed by atoms with E-state index in [9.17, 15) is 18.0 Å². The van der Waals surface area contributed by atoms with Gasteiger partial charge >= 0.3 is 12.1 Å². The molecule has 33 heavy (non-hydrogen) atoms. The molecule has 2 aromatic rings. The van der Waals surface area contributed by atoms with Crippen LogP contribution in [0.2, 0.25) is 0 Å². The minimum Gasteiger partial charge on any atom is -0.479 e. The first-order valence-electron chi connectivity index (χ1n) is 10.9. The fraction of sp³-hybridized carbons (Fsp3) is 0.522. The van der Waals surface area contributed by atoms with Crippen molar-refractivity contribution in [3.63, 3.8) is 0 Å². The van der Waals surface area contributed by atoms with Gasteiger partial charge in [-0.1, -0.05) is 12.1 Å². The molecular formula is C23H26F3N3O4. The van der Waals surface area contributed by atoms with Gasteiger partial charge < -0.3 is 19.5 Å². The summed E-state index contributed by atoms with van der Waals surface area (Å²) < 4.78 is 55.8. The highest BCUT2D eigenvalue weighted by atomic mass is 19.4. The van der Waals surface area contributed by atoms with E-state index < -0.39 is 18.2 Å². The molecule has 7 nitrogen and oxygen atoms in total. The van der Waals surface area contributed by atoms with E-state index in [1.54, 1.807) is 24.4 Å². The van der Waals surface area contributed by atoms with Crippen LogP contribution in [0, 0.1) is 0 Å². The largest absolute Gasteiger partial charge is 0.479 e. The number of hydrogen-bond donors (Lipinski definition) is 1. The number of alkyl halides is 3. The summed E-state index contributed by atoms with van der Waals surface area (Å²) in [5, 5.41) is 2.98. The Morgan fingerprint density at radius 1 is 1.18 bits per heavy atom. The van der Waals surface area contributed by atoms with Crippen LogP contribution in [0.5, 0.6) is 5.75 Å². The van der Waals surface area contributed by atoms with E-state index in [-0.39, 0.29) is 34.8 Å². The lowest BCUT2D eigenvalue weighted by Gasteiger charge is -2.28. The topological polar surface area (TPSA) is 82.6 Å². The van der Waals surface area contributed by atoms with Crippen molar-refractivity contribution in [3.05, 3.63) is 41.3 Å². The predicted octanol–water partition coefficient (Wildman–Crippen LogP) is 5.11. The molecule has 1 N–H and O–H groups in total. The van der Waals surface area contributed by atoms with Gasteiger partial charge in [0, 0.05) is 19.1 Å². The summed E-state index contributed by atoms with van der Waals surface area (Å²) >= 11 is 0. The SMILES string of the molecule is COC(=O)c1nc(C2CC2)cnc1Nc1cccc(C2CCOCC2)c1O[C@@H](C)C(F)(F)F. The van der Waals surface area contributed by atoms with Crippen LogP contribution in [0.3, 0.4) is 0 Å². The van der Waals surface area contributed by atoms with E-state index in [2.05, 4.69) is 15.3 Å². The van der Waals surface area contributed by atoms with Gasteiger partial charge in [0.1, 0.15) is 5.75 Å². The van der Waals surface area contributed by atoms with Crippen LogP contribution in [0.15, 0.2) is 24.4 Å². The summed E-state index contributed by atoms with van der Waals surface area (Å²) in [4.78, 5) is 21.1. The maximum Gasteiger partial charge on any atom is 0.425 e. The van der Waals surface area contributed by atoms with Gasteiger partial charge in [0.05, 0.1) is 24.7 Å². The summed E-state index contributed by atoms with van der Waals surface area (Å²) in [7, 11) is 1.24. The van der Waals surface area contributed by atoms with Crippen molar-refractivity contribution < 1.29 is 32.2 Å². The van der Waals surface area contributed by atoms with Crippen LogP contribution in [0.25, 0.3) is 0 Å². The summed E-state index contributed by atoms with van der Waals surface area (Å²) in [6.07, 6.45) is -1.70. The number of nitrogens with zero attached hydrogens (tertiary/aromatic N) is 2. The fourth-order valence-electron chi connectivity index (χ4n) is 3.80. The molecule has 0 unspecified atom stereocenters. The molecule has 1 aromatic heterocycles. The zero-order valence-electron chi connectivity index (χ0n) is 18.4. The fourth-order valence-corrected chi connectivity index (χ4v) is 3.80. The first-order valence-corrected chi connectivity index (χ1v) is 10.9. The van der Waals surface area contributed by atoms with Crippen LogP contribution in [0.1, 0.15) is 66.2 Å². The molecule has 0 amide bonds. The van der Waals surface area contributed by atoms with E-state index in [0.717, 1.165) is 19.8 Å². The highest BCUT2D eigenvalue weighted by Crippen LogP contribution is 2.42. The number of hydrogen-bond acceptors (Lipinski definition) is 7. The van der Waals surface area contributed by atoms with Crippen molar-refractivity contribution in [1.82, 2.24) is 9.97 Å². The third kappa shape index (κ3) is 5.38. The lowest BCUT2D eigenvalue weighted by molar-refractivity contribution is -0.189. The number of anilines is 2. The molecule has 1 aromatic carbocycles. The van der Waals surface area contributed by atoms with Crippen LogP contribution in [-0.2, 0) is 9.47 Å². The van der Waals surface area contributed by atoms with Gasteiger partial charge in [-0.25, -0.2) is 14.8 Å². The van der Waals surface area contributed by atoms with Crippen LogP contribution < -0.4 is 10.1 Å². The van der Waals surface area contributed by atoms with Crippen molar-refractivity contribution in [2.75, 3.05) is 25.6 Å². The molecule has 1 saturated carbocycles. The van der Waals surface area contributed by atoms with Crippen molar-refractivity contribution >= 4 is 17.5 Å². The number of rotatable bonds is 7. The molecule has 0 radical (unpaired) electrons. The minimum atomic E-state index is -4.54. The lowest BCUT2D eigenvalue weighted by atomic mass is 9.90. The van der Waals surface area contributed by atoms with E-state index in [1.165, 1.54) is 7.11 Å². The Balaban J connectivity index is 1.73. The molecule has 0 spiro atoms. The third-order valence-corrected chi connectivity index (χ3v) is 5.88. The molecule has 4 rings (SSSR count). The Morgan fingerprint density at radius 3 is 2.55 bits per heavy atom.